The number of nitrogens with zero attached hydrogens (tertiary/aromatic N) is 1. The number of hydrogen-bond acceptors (Lipinski definition) is 3. The van der Waals surface area contributed by atoms with E-state index in [9.17, 15) is 0 Å². The van der Waals surface area contributed by atoms with Gasteiger partial charge in [0.2, 0.25) is 0 Å². The first-order valence-electron chi connectivity index (χ1n) is 4.79. The van der Waals surface area contributed by atoms with Gasteiger partial charge in [0.05, 0.1) is 5.51 Å². The summed E-state index contributed by atoms with van der Waals surface area (Å²) in [6, 6.07) is 0. The topological polar surface area (TPSA) is 38.9 Å². The molecule has 0 aliphatic rings. The van der Waals surface area contributed by atoms with Gasteiger partial charge in [0, 0.05) is 11.1 Å². The molecule has 0 aliphatic heterocycles. The molecule has 1 aromatic heterocycles. The highest BCUT2D eigenvalue weighted by molar-refractivity contribution is 7.09. The van der Waals surface area contributed by atoms with Gasteiger partial charge in [-0.3, -0.25) is 4.98 Å². The SMILES string of the molecule is CC(C)CC(CN)Cc1cncs1. The second kappa shape index (κ2) is 5.35. The van der Waals surface area contributed by atoms with Crippen LogP contribution in [0, 0.1) is 11.8 Å². The Kier molecular flexibility index (Phi) is 4.39. The van der Waals surface area contributed by atoms with E-state index in [1.807, 2.05) is 11.7 Å². The van der Waals surface area contributed by atoms with E-state index in [2.05, 4.69) is 18.8 Å². The van der Waals surface area contributed by atoms with Crippen LogP contribution in [0.15, 0.2) is 11.7 Å². The summed E-state index contributed by atoms with van der Waals surface area (Å²) in [5.41, 5.74) is 7.61. The fourth-order valence-electron chi connectivity index (χ4n) is 1.56. The van der Waals surface area contributed by atoms with E-state index in [-0.39, 0.29) is 0 Å². The molecule has 0 saturated carbocycles. The second-order valence-electron chi connectivity index (χ2n) is 3.90. The van der Waals surface area contributed by atoms with Crippen LogP contribution >= 0.6 is 11.3 Å². The van der Waals surface area contributed by atoms with Gasteiger partial charge >= 0.3 is 0 Å². The Labute approximate surface area is 84.2 Å². The number of nitrogens with two attached hydrogens (primary N) is 1. The quantitative estimate of drug-likeness (QED) is 0.788. The Morgan fingerprint density at radius 2 is 2.31 bits per heavy atom. The lowest BCUT2D eigenvalue weighted by molar-refractivity contribution is 0.417. The van der Waals surface area contributed by atoms with Crippen LogP contribution in [0.2, 0.25) is 0 Å². The Hall–Kier alpha value is -0.410. The summed E-state index contributed by atoms with van der Waals surface area (Å²) in [7, 11) is 0. The Balaban J connectivity index is 2.40. The molecule has 1 atom stereocenters. The molecule has 1 aromatic rings. The molecule has 13 heavy (non-hydrogen) atoms. The van der Waals surface area contributed by atoms with Crippen molar-refractivity contribution in [1.82, 2.24) is 4.98 Å². The Morgan fingerprint density at radius 3 is 2.77 bits per heavy atom. The highest BCUT2D eigenvalue weighted by Gasteiger charge is 2.10. The molecule has 2 N–H and O–H groups in total. The fourth-order valence-corrected chi connectivity index (χ4v) is 2.27. The van der Waals surface area contributed by atoms with E-state index < -0.39 is 0 Å². The first-order valence-corrected chi connectivity index (χ1v) is 5.67. The van der Waals surface area contributed by atoms with Crippen LogP contribution in [0.1, 0.15) is 25.1 Å². The zero-order valence-corrected chi connectivity index (χ0v) is 9.18. The third-order valence-electron chi connectivity index (χ3n) is 2.11. The Bertz CT molecular complexity index is 219. The molecule has 0 saturated heterocycles. The predicted octanol–water partition coefficient (Wildman–Crippen LogP) is 2.31. The molecule has 0 bridgehead atoms. The molecule has 1 heterocycles. The standard InChI is InChI=1S/C10H18N2S/c1-8(2)3-9(5-11)4-10-6-12-7-13-10/h6-9H,3-5,11H2,1-2H3. The summed E-state index contributed by atoms with van der Waals surface area (Å²) in [6.45, 7) is 5.28. The normalized spacial score (nSPS) is 13.5. The molecule has 3 heteroatoms. The maximum Gasteiger partial charge on any atom is 0.0794 e. The zero-order chi connectivity index (χ0) is 9.68. The van der Waals surface area contributed by atoms with Gasteiger partial charge in [-0.2, -0.15) is 0 Å². The highest BCUT2D eigenvalue weighted by atomic mass is 32.1. The van der Waals surface area contributed by atoms with Gasteiger partial charge in [0.25, 0.3) is 0 Å². The van der Waals surface area contributed by atoms with Crippen molar-refractivity contribution in [2.24, 2.45) is 17.6 Å². The van der Waals surface area contributed by atoms with Crippen molar-refractivity contribution in [3.8, 4) is 0 Å². The lowest BCUT2D eigenvalue weighted by Gasteiger charge is -2.15. The molecule has 0 aromatic carbocycles. The minimum Gasteiger partial charge on any atom is -0.330 e. The van der Waals surface area contributed by atoms with Crippen molar-refractivity contribution in [1.29, 1.82) is 0 Å². The van der Waals surface area contributed by atoms with Gasteiger partial charge in [0.1, 0.15) is 0 Å². The van der Waals surface area contributed by atoms with Gasteiger partial charge in [-0.05, 0) is 31.2 Å². The lowest BCUT2D eigenvalue weighted by Crippen LogP contribution is -2.18. The fraction of sp³-hybridized carbons (Fsp3) is 0.700. The maximum absolute atomic E-state index is 5.72. The summed E-state index contributed by atoms with van der Waals surface area (Å²) < 4.78 is 0. The third-order valence-corrected chi connectivity index (χ3v) is 2.91. The molecule has 0 radical (unpaired) electrons. The number of hydrogen-bond donors (Lipinski definition) is 1. The lowest BCUT2D eigenvalue weighted by atomic mass is 9.94. The summed E-state index contributed by atoms with van der Waals surface area (Å²) in [5, 5.41) is 0. The van der Waals surface area contributed by atoms with Gasteiger partial charge in [-0.1, -0.05) is 13.8 Å². The largest absolute Gasteiger partial charge is 0.330 e. The number of thiazole rings is 1. The molecule has 0 spiro atoms. The van der Waals surface area contributed by atoms with Crippen molar-refractivity contribution < 1.29 is 0 Å². The van der Waals surface area contributed by atoms with Crippen molar-refractivity contribution in [2.75, 3.05) is 6.54 Å². The second-order valence-corrected chi connectivity index (χ2v) is 4.87. The van der Waals surface area contributed by atoms with Crippen molar-refractivity contribution >= 4 is 11.3 Å². The van der Waals surface area contributed by atoms with Crippen LogP contribution in [0.5, 0.6) is 0 Å². The first kappa shape index (κ1) is 10.7. The molecule has 74 valence electrons. The summed E-state index contributed by atoms with van der Waals surface area (Å²) in [6.07, 6.45) is 4.27. The van der Waals surface area contributed by atoms with Crippen molar-refractivity contribution in [2.45, 2.75) is 26.7 Å². The molecular formula is C10H18N2S. The van der Waals surface area contributed by atoms with Crippen molar-refractivity contribution in [3.05, 3.63) is 16.6 Å². The number of aromatic nitrogens is 1. The number of rotatable bonds is 5. The summed E-state index contributed by atoms with van der Waals surface area (Å²) >= 11 is 1.73. The average Bonchev–Trinajstić information content (AvgIpc) is 2.55. The predicted molar refractivity (Wildman–Crippen MR) is 57.8 cm³/mol. The van der Waals surface area contributed by atoms with Crippen LogP contribution in [-0.2, 0) is 6.42 Å². The van der Waals surface area contributed by atoms with Gasteiger partial charge in [-0.15, -0.1) is 11.3 Å². The van der Waals surface area contributed by atoms with Crippen LogP contribution in [0.3, 0.4) is 0 Å². The molecule has 1 unspecified atom stereocenters. The van der Waals surface area contributed by atoms with E-state index in [4.69, 9.17) is 5.73 Å². The molecule has 0 aliphatic carbocycles. The molecule has 2 nitrogen and oxygen atoms in total. The van der Waals surface area contributed by atoms with Crippen LogP contribution in [-0.4, -0.2) is 11.5 Å². The van der Waals surface area contributed by atoms with E-state index >= 15 is 0 Å². The van der Waals surface area contributed by atoms with E-state index in [1.54, 1.807) is 11.3 Å². The minimum atomic E-state index is 0.625. The summed E-state index contributed by atoms with van der Waals surface area (Å²) in [5.74, 6) is 1.36. The smallest absolute Gasteiger partial charge is 0.0794 e. The summed E-state index contributed by atoms with van der Waals surface area (Å²) in [4.78, 5) is 5.42. The van der Waals surface area contributed by atoms with Gasteiger partial charge in [0.15, 0.2) is 0 Å². The molecular weight excluding hydrogens is 180 g/mol. The zero-order valence-electron chi connectivity index (χ0n) is 8.36. The third kappa shape index (κ3) is 3.87. The molecule has 1 rings (SSSR count). The van der Waals surface area contributed by atoms with Crippen molar-refractivity contribution in [3.63, 3.8) is 0 Å². The van der Waals surface area contributed by atoms with Gasteiger partial charge < -0.3 is 5.73 Å². The van der Waals surface area contributed by atoms with Crippen LogP contribution in [0.4, 0.5) is 0 Å². The highest BCUT2D eigenvalue weighted by Crippen LogP contribution is 2.18. The maximum atomic E-state index is 5.72. The van der Waals surface area contributed by atoms with Gasteiger partial charge in [-0.25, -0.2) is 0 Å². The molecule has 0 fully saturated rings. The molecule has 0 amide bonds. The van der Waals surface area contributed by atoms with Crippen LogP contribution < -0.4 is 5.73 Å². The van der Waals surface area contributed by atoms with E-state index in [0.717, 1.165) is 18.9 Å². The first-order chi connectivity index (χ1) is 6.22. The monoisotopic (exact) mass is 198 g/mol. The average molecular weight is 198 g/mol. The minimum absolute atomic E-state index is 0.625. The van der Waals surface area contributed by atoms with E-state index in [0.29, 0.717) is 5.92 Å². The van der Waals surface area contributed by atoms with Crippen LogP contribution in [0.25, 0.3) is 0 Å². The Morgan fingerprint density at radius 1 is 1.54 bits per heavy atom. The van der Waals surface area contributed by atoms with E-state index in [1.165, 1.54) is 11.3 Å².